The second-order valence-electron chi connectivity index (χ2n) is 10.5. The van der Waals surface area contributed by atoms with Crippen molar-refractivity contribution in [1.29, 1.82) is 0 Å². The van der Waals surface area contributed by atoms with Crippen LogP contribution in [0.5, 0.6) is 5.88 Å². The number of nitrogens with zero attached hydrogens (tertiary/aromatic N) is 4. The van der Waals surface area contributed by atoms with Gasteiger partial charge in [0, 0.05) is 38.4 Å². The lowest BCUT2D eigenvalue weighted by molar-refractivity contribution is -0.138. The number of fused-ring (bicyclic) bond motifs is 2. The third-order valence-corrected chi connectivity index (χ3v) is 8.22. The molecular formula is C25H27F3N6O4. The summed E-state index contributed by atoms with van der Waals surface area (Å²) in [5, 5.41) is 10.4. The molecule has 0 spiro atoms. The zero-order valence-electron chi connectivity index (χ0n) is 20.8. The molecule has 0 aromatic carbocycles. The number of amides is 2. The predicted octanol–water partition coefficient (Wildman–Crippen LogP) is 3.64. The number of anilines is 1. The summed E-state index contributed by atoms with van der Waals surface area (Å²) in [6.07, 6.45) is 0.831. The van der Waals surface area contributed by atoms with Crippen molar-refractivity contribution in [3.63, 3.8) is 0 Å². The van der Waals surface area contributed by atoms with Crippen LogP contribution in [0.2, 0.25) is 0 Å². The Morgan fingerprint density at radius 3 is 2.82 bits per heavy atom. The number of pyridine rings is 2. The summed E-state index contributed by atoms with van der Waals surface area (Å²) < 4.78 is 51.9. The summed E-state index contributed by atoms with van der Waals surface area (Å²) in [6, 6.07) is 2.09. The molecule has 2 N–H and O–H groups in total. The summed E-state index contributed by atoms with van der Waals surface area (Å²) in [5.74, 6) is 0.982. The first-order chi connectivity index (χ1) is 18.0. The average Bonchev–Trinajstić information content (AvgIpc) is 3.64. The van der Waals surface area contributed by atoms with Crippen LogP contribution in [0.4, 0.5) is 23.7 Å². The van der Waals surface area contributed by atoms with E-state index in [1.54, 1.807) is 7.05 Å². The lowest BCUT2D eigenvalue weighted by atomic mass is 9.74. The first-order valence-electron chi connectivity index (χ1n) is 12.5. The Kier molecular flexibility index (Phi) is 5.67. The number of hydrogen-bond acceptors (Lipinski definition) is 6. The smallest absolute Gasteiger partial charge is 0.417 e. The number of carbonyl (C=O) groups is 1. The number of aryl methyl sites for hydroxylation is 1. The molecule has 3 aromatic heterocycles. The number of rotatable bonds is 5. The lowest BCUT2D eigenvalue weighted by Gasteiger charge is -2.45. The molecular weight excluding hydrogens is 505 g/mol. The van der Waals surface area contributed by atoms with Crippen molar-refractivity contribution in [3.8, 4) is 5.88 Å². The number of nitrogens with one attached hydrogen (secondary N) is 2. The van der Waals surface area contributed by atoms with E-state index in [9.17, 15) is 22.8 Å². The fraction of sp³-hybridized carbons (Fsp3) is 0.520. The molecule has 7 rings (SSSR count). The minimum Gasteiger partial charge on any atom is -0.470 e. The van der Waals surface area contributed by atoms with Crippen LogP contribution >= 0.6 is 0 Å². The van der Waals surface area contributed by atoms with Gasteiger partial charge in [-0.1, -0.05) is 0 Å². The summed E-state index contributed by atoms with van der Waals surface area (Å²) in [5.41, 5.74) is -0.923. The van der Waals surface area contributed by atoms with Crippen LogP contribution in [-0.2, 0) is 18.0 Å². The van der Waals surface area contributed by atoms with E-state index in [4.69, 9.17) is 9.47 Å². The monoisotopic (exact) mass is 532 g/mol. The minimum absolute atomic E-state index is 0.0477. The van der Waals surface area contributed by atoms with E-state index < -0.39 is 34.6 Å². The topological polar surface area (TPSA) is 114 Å². The van der Waals surface area contributed by atoms with Gasteiger partial charge in [-0.3, -0.25) is 9.89 Å². The Labute approximate surface area is 215 Å². The molecule has 4 aliphatic rings. The van der Waals surface area contributed by atoms with E-state index in [-0.39, 0.29) is 12.0 Å². The van der Waals surface area contributed by atoms with Crippen molar-refractivity contribution >= 4 is 22.8 Å². The van der Waals surface area contributed by atoms with Crippen LogP contribution in [0.3, 0.4) is 0 Å². The van der Waals surface area contributed by atoms with Crippen LogP contribution in [-0.4, -0.2) is 62.6 Å². The SMILES string of the molecule is CN(C(=O)Nc1cc(C(F)(F)F)cn(C)c1=O)C12CC(C1)C(c1cnc3[nH]nc(OC4CCOC4)c3c1)C2. The molecule has 10 nitrogen and oxygen atoms in total. The quantitative estimate of drug-likeness (QED) is 0.519. The molecule has 3 aliphatic carbocycles. The summed E-state index contributed by atoms with van der Waals surface area (Å²) in [7, 11) is 2.84. The summed E-state index contributed by atoms with van der Waals surface area (Å²) in [4.78, 5) is 31.5. The van der Waals surface area contributed by atoms with Crippen LogP contribution in [0.1, 0.15) is 42.7 Å². The first kappa shape index (κ1) is 24.7. The van der Waals surface area contributed by atoms with Crippen molar-refractivity contribution in [2.75, 3.05) is 25.6 Å². The van der Waals surface area contributed by atoms with Gasteiger partial charge in [0.25, 0.3) is 5.56 Å². The fourth-order valence-corrected chi connectivity index (χ4v) is 6.07. The molecule has 4 fully saturated rings. The zero-order valence-corrected chi connectivity index (χ0v) is 20.8. The van der Waals surface area contributed by atoms with E-state index in [0.29, 0.717) is 49.3 Å². The molecule has 2 atom stereocenters. The van der Waals surface area contributed by atoms with Gasteiger partial charge in [-0.25, -0.2) is 9.78 Å². The van der Waals surface area contributed by atoms with Crippen molar-refractivity contribution in [3.05, 3.63) is 46.0 Å². The highest BCUT2D eigenvalue weighted by atomic mass is 19.4. The van der Waals surface area contributed by atoms with Gasteiger partial charge in [0.2, 0.25) is 5.88 Å². The zero-order chi connectivity index (χ0) is 26.8. The van der Waals surface area contributed by atoms with Crippen molar-refractivity contribution in [2.45, 2.75) is 49.4 Å². The van der Waals surface area contributed by atoms with Crippen LogP contribution in [0.25, 0.3) is 11.0 Å². The molecule has 3 aromatic rings. The molecule has 2 unspecified atom stereocenters. The predicted molar refractivity (Wildman–Crippen MR) is 130 cm³/mol. The maximum atomic E-state index is 13.2. The Morgan fingerprint density at radius 1 is 1.32 bits per heavy atom. The molecule has 38 heavy (non-hydrogen) atoms. The van der Waals surface area contributed by atoms with Crippen LogP contribution in [0, 0.1) is 5.92 Å². The Bertz CT molecular complexity index is 1460. The Hall–Kier alpha value is -3.61. The lowest BCUT2D eigenvalue weighted by Crippen LogP contribution is -2.54. The number of aromatic amines is 1. The van der Waals surface area contributed by atoms with Gasteiger partial charge < -0.3 is 24.3 Å². The number of H-pyrrole nitrogens is 1. The fourth-order valence-electron chi connectivity index (χ4n) is 6.07. The maximum Gasteiger partial charge on any atom is 0.417 e. The number of alkyl halides is 3. The van der Waals surface area contributed by atoms with E-state index in [0.717, 1.165) is 34.8 Å². The number of aromatic nitrogens is 4. The molecule has 2 amide bonds. The van der Waals surface area contributed by atoms with Gasteiger partial charge in [-0.05, 0) is 48.8 Å². The van der Waals surface area contributed by atoms with Crippen LogP contribution < -0.4 is 15.6 Å². The second kappa shape index (κ2) is 8.72. The van der Waals surface area contributed by atoms with E-state index in [2.05, 4.69) is 20.5 Å². The van der Waals surface area contributed by atoms with Crippen molar-refractivity contribution in [1.82, 2.24) is 24.6 Å². The molecule has 13 heteroatoms. The second-order valence-corrected chi connectivity index (χ2v) is 10.5. The Morgan fingerprint density at radius 2 is 2.11 bits per heavy atom. The van der Waals surface area contributed by atoms with Gasteiger partial charge in [0.15, 0.2) is 5.65 Å². The molecule has 1 saturated heterocycles. The van der Waals surface area contributed by atoms with Crippen molar-refractivity contribution < 1.29 is 27.4 Å². The van der Waals surface area contributed by atoms with Gasteiger partial charge in [0.05, 0.1) is 24.2 Å². The van der Waals surface area contributed by atoms with Crippen LogP contribution in [0.15, 0.2) is 29.3 Å². The molecule has 1 aliphatic heterocycles. The molecule has 4 heterocycles. The highest BCUT2D eigenvalue weighted by molar-refractivity contribution is 5.90. The van der Waals surface area contributed by atoms with Gasteiger partial charge in [0.1, 0.15) is 11.8 Å². The number of hydrogen-bond donors (Lipinski definition) is 2. The number of ether oxygens (including phenoxy) is 2. The largest absolute Gasteiger partial charge is 0.470 e. The average molecular weight is 533 g/mol. The number of carbonyl (C=O) groups excluding carboxylic acids is 1. The van der Waals surface area contributed by atoms with E-state index in [1.807, 2.05) is 12.3 Å². The summed E-state index contributed by atoms with van der Waals surface area (Å²) in [6.45, 7) is 1.18. The van der Waals surface area contributed by atoms with Crippen molar-refractivity contribution in [2.24, 2.45) is 13.0 Å². The van der Waals surface area contributed by atoms with E-state index in [1.165, 1.54) is 11.9 Å². The third kappa shape index (κ3) is 4.08. The van der Waals surface area contributed by atoms with Gasteiger partial charge in [-0.2, -0.15) is 13.2 Å². The maximum absolute atomic E-state index is 13.2. The summed E-state index contributed by atoms with van der Waals surface area (Å²) >= 11 is 0. The first-order valence-corrected chi connectivity index (χ1v) is 12.5. The number of urea groups is 1. The highest BCUT2D eigenvalue weighted by Gasteiger charge is 2.59. The third-order valence-electron chi connectivity index (χ3n) is 8.22. The van der Waals surface area contributed by atoms with Gasteiger partial charge >= 0.3 is 12.2 Å². The molecule has 3 saturated carbocycles. The number of halogens is 3. The van der Waals surface area contributed by atoms with E-state index >= 15 is 0 Å². The molecule has 0 radical (unpaired) electrons. The Balaban J connectivity index is 1.19. The molecule has 202 valence electrons. The minimum atomic E-state index is -4.64. The standard InChI is InChI=1S/C25H27F3N6O4/c1-33-11-15(25(26,27)28)6-19(22(33)35)30-23(36)34(2)24-7-14(8-24)18(9-24)13-5-17-20(29-10-13)31-32-21(17)38-16-3-4-37-12-16/h5-6,10-11,14,16,18H,3-4,7-9,12H2,1-2H3,(H,30,36)(H,29,31,32). The molecule has 2 bridgehead atoms. The highest BCUT2D eigenvalue weighted by Crippen LogP contribution is 2.62. The van der Waals surface area contributed by atoms with Gasteiger partial charge in [-0.15, -0.1) is 5.10 Å². The normalized spacial score (nSPS) is 26.4.